The number of rotatable bonds is 3. The second-order valence-corrected chi connectivity index (χ2v) is 20.2. The van der Waals surface area contributed by atoms with Gasteiger partial charge in [0.25, 0.3) is 0 Å². The molecule has 0 radical (unpaired) electrons. The summed E-state index contributed by atoms with van der Waals surface area (Å²) >= 11 is 0. The number of benzene rings is 1. The molecule has 8 N–H and O–H groups in total. The zero-order valence-corrected chi connectivity index (χ0v) is 30.6. The molecule has 9 fully saturated rings. The number of hydrogen-bond acceptors (Lipinski definition) is 10. The van der Waals surface area contributed by atoms with Gasteiger partial charge in [0.1, 0.15) is 0 Å². The van der Waals surface area contributed by atoms with Gasteiger partial charge in [-0.05, 0) is 98.4 Å². The molecule has 50 heavy (non-hydrogen) atoms. The van der Waals surface area contributed by atoms with Gasteiger partial charge in [-0.25, -0.2) is 8.42 Å². The van der Waals surface area contributed by atoms with Crippen LogP contribution in [0.15, 0.2) is 30.3 Å². The molecule has 0 spiro atoms. The molecule has 5 heterocycles. The van der Waals surface area contributed by atoms with Crippen LogP contribution in [0.3, 0.4) is 0 Å². The van der Waals surface area contributed by atoms with Crippen LogP contribution < -0.4 is 42.5 Å². The normalized spacial score (nSPS) is 50.2. The Morgan fingerprint density at radius 2 is 0.760 bits per heavy atom. The molecule has 17 unspecified atom stereocenters. The van der Waals surface area contributed by atoms with Crippen LogP contribution in [0.2, 0.25) is 0 Å². The van der Waals surface area contributed by atoms with E-state index in [1.165, 1.54) is 77.0 Å². The van der Waals surface area contributed by atoms with Crippen molar-refractivity contribution in [1.82, 2.24) is 42.5 Å². The maximum atomic E-state index is 14.4. The molecule has 11 heteroatoms. The van der Waals surface area contributed by atoms with Crippen LogP contribution in [0.25, 0.3) is 0 Å². The highest BCUT2D eigenvalue weighted by atomic mass is 32.2. The van der Waals surface area contributed by atoms with Gasteiger partial charge in [0.2, 0.25) is 0 Å². The monoisotopic (exact) mass is 706 g/mol. The first-order valence-corrected chi connectivity index (χ1v) is 22.6. The van der Waals surface area contributed by atoms with Gasteiger partial charge >= 0.3 is 0 Å². The van der Waals surface area contributed by atoms with E-state index < -0.39 is 9.84 Å². The predicted molar refractivity (Wildman–Crippen MR) is 195 cm³/mol. The minimum atomic E-state index is -3.37. The summed E-state index contributed by atoms with van der Waals surface area (Å²) in [6.45, 7) is 0. The summed E-state index contributed by atoms with van der Waals surface area (Å²) in [5.41, 5.74) is 0.904. The Bertz CT molecular complexity index is 1460. The molecule has 1 aromatic rings. The molecule has 276 valence electrons. The summed E-state index contributed by atoms with van der Waals surface area (Å²) < 4.78 is 28.9. The Morgan fingerprint density at radius 3 is 1.16 bits per heavy atom. The minimum absolute atomic E-state index is 0.0275. The Morgan fingerprint density at radius 1 is 0.420 bits per heavy atom. The summed E-state index contributed by atoms with van der Waals surface area (Å²) in [5, 5.41) is 33.0. The average Bonchev–Trinajstić information content (AvgIpc) is 3.87. The van der Waals surface area contributed by atoms with Gasteiger partial charge in [-0.3, -0.25) is 42.5 Å². The second kappa shape index (κ2) is 13.6. The molecule has 10 rings (SSSR count). The van der Waals surface area contributed by atoms with E-state index in [4.69, 9.17) is 0 Å². The predicted octanol–water partition coefficient (Wildman–Crippen LogP) is 3.20. The Balaban J connectivity index is 1.00. The third-order valence-electron chi connectivity index (χ3n) is 15.5. The first-order valence-electron chi connectivity index (χ1n) is 20.8. The van der Waals surface area contributed by atoms with Crippen LogP contribution in [0.4, 0.5) is 0 Å². The van der Waals surface area contributed by atoms with Gasteiger partial charge in [0.15, 0.2) is 9.84 Å². The maximum Gasteiger partial charge on any atom is 0.157 e. The molecule has 1 aromatic carbocycles. The van der Waals surface area contributed by atoms with E-state index in [1.54, 1.807) is 0 Å². The minimum Gasteiger partial charge on any atom is -0.286 e. The lowest BCUT2D eigenvalue weighted by Gasteiger charge is -2.39. The van der Waals surface area contributed by atoms with Crippen molar-refractivity contribution in [3.63, 3.8) is 0 Å². The summed E-state index contributed by atoms with van der Waals surface area (Å²) in [4.78, 5) is 0. The molecular formula is C39H62N8O2S. The SMILES string of the molecule is O=S(=O)(Cc1ccccc1)C1CCCC2C3NC4NC(NC5NC(NC6NC(NC(N3)C21)C1CCCCC61)C1CCCCC51)C1CCCCC41. The molecule has 5 aliphatic heterocycles. The average molecular weight is 707 g/mol. The van der Waals surface area contributed by atoms with E-state index >= 15 is 0 Å². The van der Waals surface area contributed by atoms with Crippen molar-refractivity contribution in [2.75, 3.05) is 0 Å². The third kappa shape index (κ3) is 5.93. The molecule has 4 aliphatic carbocycles. The van der Waals surface area contributed by atoms with Crippen molar-refractivity contribution >= 4 is 9.84 Å². The van der Waals surface area contributed by atoms with Crippen LogP contribution in [0.1, 0.15) is 102 Å². The zero-order chi connectivity index (χ0) is 33.4. The maximum absolute atomic E-state index is 14.4. The number of fused-ring (bicyclic) bond motifs is 20. The lowest BCUT2D eigenvalue weighted by atomic mass is 9.76. The number of sulfone groups is 1. The topological polar surface area (TPSA) is 130 Å². The van der Waals surface area contributed by atoms with E-state index in [0.29, 0.717) is 47.8 Å². The first kappa shape index (κ1) is 33.4. The molecule has 0 aromatic heterocycles. The highest BCUT2D eigenvalue weighted by Crippen LogP contribution is 2.47. The molecular weight excluding hydrogens is 645 g/mol. The smallest absolute Gasteiger partial charge is 0.157 e. The van der Waals surface area contributed by atoms with E-state index in [9.17, 15) is 8.42 Å². The van der Waals surface area contributed by atoms with Crippen LogP contribution in [0, 0.1) is 47.3 Å². The van der Waals surface area contributed by atoms with Crippen molar-refractivity contribution in [1.29, 1.82) is 0 Å². The van der Waals surface area contributed by atoms with Crippen LogP contribution in [0.5, 0.6) is 0 Å². The van der Waals surface area contributed by atoms with Crippen molar-refractivity contribution < 1.29 is 8.42 Å². The van der Waals surface area contributed by atoms with Crippen LogP contribution >= 0.6 is 0 Å². The molecule has 5 saturated heterocycles. The number of nitrogens with one attached hydrogen (secondary N) is 8. The van der Waals surface area contributed by atoms with Crippen molar-refractivity contribution in [3.8, 4) is 0 Å². The van der Waals surface area contributed by atoms with Gasteiger partial charge < -0.3 is 0 Å². The van der Waals surface area contributed by atoms with Crippen molar-refractivity contribution in [2.45, 2.75) is 157 Å². The Kier molecular flexibility index (Phi) is 9.10. The standard InChI is InChI=1S/C39H62N8O2S/c48-50(49,21-22-11-2-1-3-12-22)30-20-10-19-29-31(30)39-46-37-28-18-9-8-17-27(28)35(44-37)42-33-24-14-5-4-13-23(24)32(40-33)41-34-25-15-6-7-16-26(25)36(43-34)45-38(29)47-39/h1-3,11-12,23-47H,4-10,13-21H2. The fourth-order valence-electron chi connectivity index (χ4n) is 13.3. The highest BCUT2D eigenvalue weighted by molar-refractivity contribution is 7.91. The fraction of sp³-hybridized carbons (Fsp3) is 0.846. The summed E-state index contributed by atoms with van der Waals surface area (Å²) in [6.07, 6.45) is 19.9. The number of hydrogen-bond donors (Lipinski definition) is 8. The zero-order valence-electron chi connectivity index (χ0n) is 29.7. The largest absolute Gasteiger partial charge is 0.286 e. The third-order valence-corrected chi connectivity index (χ3v) is 17.7. The highest BCUT2D eigenvalue weighted by Gasteiger charge is 2.57. The van der Waals surface area contributed by atoms with E-state index in [0.717, 1.165) is 24.8 Å². The lowest BCUT2D eigenvalue weighted by Crippen LogP contribution is -2.62. The molecule has 10 nitrogen and oxygen atoms in total. The lowest BCUT2D eigenvalue weighted by molar-refractivity contribution is 0.168. The molecule has 0 amide bonds. The first-order chi connectivity index (χ1) is 24.5. The molecule has 4 saturated carbocycles. The van der Waals surface area contributed by atoms with E-state index in [1.807, 2.05) is 30.3 Å². The Labute approximate surface area is 299 Å². The van der Waals surface area contributed by atoms with Gasteiger partial charge in [0.05, 0.1) is 60.3 Å². The van der Waals surface area contributed by atoms with Gasteiger partial charge in [-0.1, -0.05) is 75.3 Å². The second-order valence-electron chi connectivity index (χ2n) is 18.0. The van der Waals surface area contributed by atoms with E-state index in [-0.39, 0.29) is 59.8 Å². The van der Waals surface area contributed by atoms with Gasteiger partial charge in [-0.15, -0.1) is 0 Å². The summed E-state index contributed by atoms with van der Waals surface area (Å²) in [5.74, 6) is 4.08. The quantitative estimate of drug-likeness (QED) is 0.237. The molecule has 9 aliphatic rings. The van der Waals surface area contributed by atoms with Crippen LogP contribution in [-0.4, -0.2) is 63.0 Å². The van der Waals surface area contributed by atoms with Gasteiger partial charge in [0, 0.05) is 5.92 Å². The van der Waals surface area contributed by atoms with Crippen molar-refractivity contribution in [2.24, 2.45) is 47.3 Å². The Hall–Kier alpha value is -1.15. The summed E-state index contributed by atoms with van der Waals surface area (Å²) in [6, 6.07) is 9.86. The summed E-state index contributed by atoms with van der Waals surface area (Å²) in [7, 11) is -3.37. The van der Waals surface area contributed by atoms with Crippen LogP contribution in [-0.2, 0) is 15.6 Å². The molecule has 8 bridgehead atoms. The van der Waals surface area contributed by atoms with Crippen molar-refractivity contribution in [3.05, 3.63) is 35.9 Å². The van der Waals surface area contributed by atoms with Gasteiger partial charge in [-0.2, -0.15) is 0 Å². The van der Waals surface area contributed by atoms with E-state index in [2.05, 4.69) is 42.5 Å². The fourth-order valence-corrected chi connectivity index (χ4v) is 15.6. The molecule has 17 atom stereocenters.